The molecule has 6 heteroatoms. The average Bonchev–Trinajstić information content (AvgIpc) is 2.59. The molecule has 2 aromatic rings. The van der Waals surface area contributed by atoms with Gasteiger partial charge in [-0.25, -0.2) is 0 Å². The number of halogens is 1. The van der Waals surface area contributed by atoms with Crippen LogP contribution in [0, 0.1) is 0 Å². The van der Waals surface area contributed by atoms with Crippen LogP contribution < -0.4 is 20.5 Å². The summed E-state index contributed by atoms with van der Waals surface area (Å²) < 4.78 is 10.6. The van der Waals surface area contributed by atoms with Crippen LogP contribution in [0.15, 0.2) is 48.5 Å². The largest absolute Gasteiger partial charge is 0.493 e. The fourth-order valence-corrected chi connectivity index (χ4v) is 2.37. The van der Waals surface area contributed by atoms with Gasteiger partial charge in [0.15, 0.2) is 11.5 Å². The maximum atomic E-state index is 12.5. The summed E-state index contributed by atoms with van der Waals surface area (Å²) in [6.45, 7) is 2.00. The number of nitrogens with one attached hydrogen (secondary N) is 1. The summed E-state index contributed by atoms with van der Waals surface area (Å²) in [7, 11) is 3.15. The van der Waals surface area contributed by atoms with Crippen molar-refractivity contribution in [3.8, 4) is 11.5 Å². The Morgan fingerprint density at radius 1 is 1.08 bits per heavy atom. The predicted octanol–water partition coefficient (Wildman–Crippen LogP) is 2.62. The SMILES string of the molecule is COc1cccc(CNC(=O)C(C)(N)c2ccccc2)c1OC.Cl. The zero-order chi connectivity index (χ0) is 16.9. The van der Waals surface area contributed by atoms with Crippen molar-refractivity contribution in [2.75, 3.05) is 14.2 Å². The van der Waals surface area contributed by atoms with E-state index in [-0.39, 0.29) is 18.3 Å². The van der Waals surface area contributed by atoms with Crippen molar-refractivity contribution in [3.05, 3.63) is 59.7 Å². The van der Waals surface area contributed by atoms with Crippen LogP contribution in [0.1, 0.15) is 18.1 Å². The third kappa shape index (κ3) is 4.19. The molecule has 3 N–H and O–H groups in total. The van der Waals surface area contributed by atoms with Crippen molar-refractivity contribution in [2.24, 2.45) is 5.73 Å². The first kappa shape index (κ1) is 19.8. The average molecular weight is 351 g/mol. The molecule has 0 saturated heterocycles. The molecule has 0 aliphatic heterocycles. The molecule has 0 aliphatic carbocycles. The molecule has 0 bridgehead atoms. The Kier molecular flexibility index (Phi) is 7.07. The molecule has 0 aromatic heterocycles. The van der Waals surface area contributed by atoms with Gasteiger partial charge in [-0.15, -0.1) is 12.4 Å². The van der Waals surface area contributed by atoms with Gasteiger partial charge in [-0.3, -0.25) is 4.79 Å². The van der Waals surface area contributed by atoms with Gasteiger partial charge in [-0.2, -0.15) is 0 Å². The lowest BCUT2D eigenvalue weighted by Gasteiger charge is -2.24. The quantitative estimate of drug-likeness (QED) is 0.840. The first-order chi connectivity index (χ1) is 11.0. The van der Waals surface area contributed by atoms with Gasteiger partial charge in [-0.1, -0.05) is 42.5 Å². The first-order valence-corrected chi connectivity index (χ1v) is 7.33. The van der Waals surface area contributed by atoms with E-state index in [1.165, 1.54) is 0 Å². The number of methoxy groups -OCH3 is 2. The van der Waals surface area contributed by atoms with E-state index in [1.54, 1.807) is 27.2 Å². The normalized spacial score (nSPS) is 12.5. The van der Waals surface area contributed by atoms with Crippen LogP contribution in [0.3, 0.4) is 0 Å². The third-order valence-electron chi connectivity index (χ3n) is 3.77. The zero-order valence-corrected chi connectivity index (χ0v) is 14.9. The second kappa shape index (κ2) is 8.57. The van der Waals surface area contributed by atoms with Gasteiger partial charge in [0.1, 0.15) is 5.54 Å². The lowest BCUT2D eigenvalue weighted by molar-refractivity contribution is -0.126. The molecule has 130 valence electrons. The van der Waals surface area contributed by atoms with E-state index in [4.69, 9.17) is 15.2 Å². The fourth-order valence-electron chi connectivity index (χ4n) is 2.37. The fraction of sp³-hybridized carbons (Fsp3) is 0.278. The van der Waals surface area contributed by atoms with E-state index >= 15 is 0 Å². The molecular formula is C18H23ClN2O3. The number of carbonyl (C=O) groups is 1. The predicted molar refractivity (Wildman–Crippen MR) is 96.6 cm³/mol. The Morgan fingerprint density at radius 3 is 2.33 bits per heavy atom. The van der Waals surface area contributed by atoms with Gasteiger partial charge in [-0.05, 0) is 18.6 Å². The molecule has 0 spiro atoms. The van der Waals surface area contributed by atoms with Gasteiger partial charge < -0.3 is 20.5 Å². The van der Waals surface area contributed by atoms with Gasteiger partial charge in [0.2, 0.25) is 5.91 Å². The summed E-state index contributed by atoms with van der Waals surface area (Å²) in [6, 6.07) is 14.8. The van der Waals surface area contributed by atoms with E-state index in [9.17, 15) is 4.79 Å². The number of hydrogen-bond acceptors (Lipinski definition) is 4. The van der Waals surface area contributed by atoms with Crippen LogP contribution in [-0.2, 0) is 16.9 Å². The Bertz CT molecular complexity index is 675. The molecule has 5 nitrogen and oxygen atoms in total. The van der Waals surface area contributed by atoms with Crippen molar-refractivity contribution in [1.29, 1.82) is 0 Å². The number of amides is 1. The Hall–Kier alpha value is -2.24. The van der Waals surface area contributed by atoms with Gasteiger partial charge in [0.25, 0.3) is 0 Å². The molecule has 0 heterocycles. The number of carbonyl (C=O) groups excluding carboxylic acids is 1. The van der Waals surface area contributed by atoms with Crippen molar-refractivity contribution in [2.45, 2.75) is 19.0 Å². The highest BCUT2D eigenvalue weighted by molar-refractivity contribution is 5.87. The van der Waals surface area contributed by atoms with Gasteiger partial charge in [0, 0.05) is 12.1 Å². The second-order valence-electron chi connectivity index (χ2n) is 5.40. The summed E-state index contributed by atoms with van der Waals surface area (Å²) in [5.41, 5.74) is 6.68. The zero-order valence-electron chi connectivity index (χ0n) is 14.0. The van der Waals surface area contributed by atoms with Crippen LogP contribution in [0.25, 0.3) is 0 Å². The van der Waals surface area contributed by atoms with Crippen molar-refractivity contribution in [3.63, 3.8) is 0 Å². The van der Waals surface area contributed by atoms with Gasteiger partial charge >= 0.3 is 0 Å². The maximum absolute atomic E-state index is 12.5. The highest BCUT2D eigenvalue weighted by atomic mass is 35.5. The number of nitrogens with two attached hydrogens (primary N) is 1. The van der Waals surface area contributed by atoms with Crippen molar-refractivity contribution in [1.82, 2.24) is 5.32 Å². The number of para-hydroxylation sites is 1. The van der Waals surface area contributed by atoms with Crippen LogP contribution in [-0.4, -0.2) is 20.1 Å². The van der Waals surface area contributed by atoms with E-state index in [0.717, 1.165) is 11.1 Å². The van der Waals surface area contributed by atoms with Crippen LogP contribution in [0.4, 0.5) is 0 Å². The Labute approximate surface area is 148 Å². The molecule has 0 aliphatic rings. The third-order valence-corrected chi connectivity index (χ3v) is 3.77. The molecule has 24 heavy (non-hydrogen) atoms. The van der Waals surface area contributed by atoms with Crippen LogP contribution in [0.5, 0.6) is 11.5 Å². The number of hydrogen-bond donors (Lipinski definition) is 2. The summed E-state index contributed by atoms with van der Waals surface area (Å²) in [5.74, 6) is 0.972. The molecule has 1 unspecified atom stereocenters. The minimum absolute atomic E-state index is 0. The van der Waals surface area contributed by atoms with Gasteiger partial charge in [0.05, 0.1) is 14.2 Å². The van der Waals surface area contributed by atoms with E-state index < -0.39 is 5.54 Å². The number of rotatable bonds is 6. The standard InChI is InChI=1S/C18H22N2O3.ClH/c1-18(19,14-9-5-4-6-10-14)17(21)20-12-13-8-7-11-15(22-2)16(13)23-3;/h4-11H,12,19H2,1-3H3,(H,20,21);1H. The summed E-state index contributed by atoms with van der Waals surface area (Å²) >= 11 is 0. The molecule has 1 amide bonds. The maximum Gasteiger partial charge on any atom is 0.244 e. The Morgan fingerprint density at radius 2 is 1.75 bits per heavy atom. The summed E-state index contributed by atoms with van der Waals surface area (Å²) in [5, 5.41) is 2.86. The highest BCUT2D eigenvalue weighted by Gasteiger charge is 2.30. The highest BCUT2D eigenvalue weighted by Crippen LogP contribution is 2.30. The van der Waals surface area contributed by atoms with E-state index in [2.05, 4.69) is 5.32 Å². The first-order valence-electron chi connectivity index (χ1n) is 7.33. The summed E-state index contributed by atoms with van der Waals surface area (Å²) in [4.78, 5) is 12.5. The lowest BCUT2D eigenvalue weighted by Crippen LogP contribution is -2.48. The smallest absolute Gasteiger partial charge is 0.244 e. The molecule has 2 aromatic carbocycles. The van der Waals surface area contributed by atoms with Crippen molar-refractivity contribution < 1.29 is 14.3 Å². The number of ether oxygens (including phenoxy) is 2. The molecule has 0 fully saturated rings. The minimum atomic E-state index is -1.10. The number of benzene rings is 2. The molecular weight excluding hydrogens is 328 g/mol. The van der Waals surface area contributed by atoms with E-state index in [0.29, 0.717) is 18.0 Å². The molecule has 1 atom stereocenters. The monoisotopic (exact) mass is 350 g/mol. The van der Waals surface area contributed by atoms with Crippen LogP contribution >= 0.6 is 12.4 Å². The molecule has 0 radical (unpaired) electrons. The minimum Gasteiger partial charge on any atom is -0.493 e. The molecule has 0 saturated carbocycles. The molecule has 2 rings (SSSR count). The van der Waals surface area contributed by atoms with Crippen molar-refractivity contribution >= 4 is 18.3 Å². The van der Waals surface area contributed by atoms with E-state index in [1.807, 2.05) is 42.5 Å². The second-order valence-corrected chi connectivity index (χ2v) is 5.40. The van der Waals surface area contributed by atoms with Crippen LogP contribution in [0.2, 0.25) is 0 Å². The Balaban J connectivity index is 0.00000288. The topological polar surface area (TPSA) is 73.6 Å². The lowest BCUT2D eigenvalue weighted by atomic mass is 9.92. The summed E-state index contributed by atoms with van der Waals surface area (Å²) in [6.07, 6.45) is 0.